The highest BCUT2D eigenvalue weighted by Gasteiger charge is 2.30. The molecule has 2 aromatic carbocycles. The lowest BCUT2D eigenvalue weighted by atomic mass is 9.87. The van der Waals surface area contributed by atoms with Gasteiger partial charge in [-0.2, -0.15) is 0 Å². The summed E-state index contributed by atoms with van der Waals surface area (Å²) in [5, 5.41) is 3.56. The summed E-state index contributed by atoms with van der Waals surface area (Å²) in [6.45, 7) is 12.3. The Morgan fingerprint density at radius 1 is 1.12 bits per heavy atom. The molecule has 7 heteroatoms. The van der Waals surface area contributed by atoms with Crippen molar-refractivity contribution in [1.29, 1.82) is 0 Å². The highest BCUT2D eigenvalue weighted by molar-refractivity contribution is 9.10. The van der Waals surface area contributed by atoms with E-state index in [4.69, 9.17) is 16.3 Å². The van der Waals surface area contributed by atoms with Crippen molar-refractivity contribution < 1.29 is 14.3 Å². The molecule has 0 bridgehead atoms. The molecule has 2 amide bonds. The van der Waals surface area contributed by atoms with Crippen LogP contribution in [0.2, 0.25) is 5.02 Å². The van der Waals surface area contributed by atoms with Crippen LogP contribution in [0.4, 0.5) is 0 Å². The standard InChI is InChI=1S/C27H36BrClN2O3/c1-7-18(3)30-26(33)23(8-2)31(16-19-11-9-10-12-22(19)29)25(32)17-34-24-14-13-20(15-21(24)28)27(4,5)6/h9-15,18,23H,7-8,16-17H2,1-6H3,(H,30,33)/t18-,23-/m0/s1. The van der Waals surface area contributed by atoms with Gasteiger partial charge in [0.15, 0.2) is 6.61 Å². The molecular weight excluding hydrogens is 516 g/mol. The van der Waals surface area contributed by atoms with Crippen LogP contribution in [0, 0.1) is 0 Å². The van der Waals surface area contributed by atoms with Crippen LogP contribution in [0.5, 0.6) is 5.75 Å². The SMILES string of the molecule is CC[C@H](C)NC(=O)[C@H](CC)N(Cc1ccccc1Cl)C(=O)COc1ccc(C(C)(C)C)cc1Br. The van der Waals surface area contributed by atoms with Crippen molar-refractivity contribution in [3.8, 4) is 5.75 Å². The number of rotatable bonds is 10. The normalized spacial score (nSPS) is 13.2. The molecule has 34 heavy (non-hydrogen) atoms. The van der Waals surface area contributed by atoms with Gasteiger partial charge in [0.1, 0.15) is 11.8 Å². The second-order valence-corrected chi connectivity index (χ2v) is 10.8. The van der Waals surface area contributed by atoms with Crippen molar-refractivity contribution in [2.75, 3.05) is 6.61 Å². The molecule has 2 atom stereocenters. The number of carbonyl (C=O) groups is 2. The Morgan fingerprint density at radius 3 is 2.35 bits per heavy atom. The van der Waals surface area contributed by atoms with E-state index in [1.807, 2.05) is 57.2 Å². The molecule has 0 heterocycles. The summed E-state index contributed by atoms with van der Waals surface area (Å²) in [6, 6.07) is 12.6. The van der Waals surface area contributed by atoms with Crippen LogP contribution in [0.15, 0.2) is 46.9 Å². The first-order chi connectivity index (χ1) is 16.0. The van der Waals surface area contributed by atoms with E-state index in [2.05, 4.69) is 42.0 Å². The van der Waals surface area contributed by atoms with E-state index in [-0.39, 0.29) is 36.4 Å². The van der Waals surface area contributed by atoms with Gasteiger partial charge < -0.3 is 15.0 Å². The first kappa shape index (κ1) is 28.2. The molecule has 2 aromatic rings. The molecule has 0 spiro atoms. The van der Waals surface area contributed by atoms with Gasteiger partial charge in [-0.25, -0.2) is 0 Å². The minimum atomic E-state index is -0.631. The third-order valence-electron chi connectivity index (χ3n) is 5.83. The summed E-state index contributed by atoms with van der Waals surface area (Å²) in [6.07, 6.45) is 1.28. The van der Waals surface area contributed by atoms with Crippen molar-refractivity contribution in [1.82, 2.24) is 10.2 Å². The number of amides is 2. The fourth-order valence-electron chi connectivity index (χ4n) is 3.48. The van der Waals surface area contributed by atoms with Crippen molar-refractivity contribution >= 4 is 39.3 Å². The van der Waals surface area contributed by atoms with E-state index in [0.29, 0.717) is 17.2 Å². The minimum absolute atomic E-state index is 0.0000442. The number of ether oxygens (including phenoxy) is 1. The zero-order valence-electron chi connectivity index (χ0n) is 21.0. The lowest BCUT2D eigenvalue weighted by Crippen LogP contribution is -2.51. The van der Waals surface area contributed by atoms with E-state index in [1.165, 1.54) is 0 Å². The van der Waals surface area contributed by atoms with E-state index >= 15 is 0 Å². The van der Waals surface area contributed by atoms with Gasteiger partial charge in [0.05, 0.1) is 4.47 Å². The molecule has 2 rings (SSSR count). The molecule has 0 aliphatic heterocycles. The van der Waals surface area contributed by atoms with Crippen LogP contribution in [0.25, 0.3) is 0 Å². The average molecular weight is 552 g/mol. The maximum absolute atomic E-state index is 13.4. The number of hydrogen-bond donors (Lipinski definition) is 1. The van der Waals surface area contributed by atoms with Crippen LogP contribution in [0.1, 0.15) is 65.5 Å². The number of benzene rings is 2. The number of carbonyl (C=O) groups excluding carboxylic acids is 2. The van der Waals surface area contributed by atoms with Gasteiger partial charge in [-0.15, -0.1) is 0 Å². The van der Waals surface area contributed by atoms with E-state index in [0.717, 1.165) is 22.0 Å². The molecule has 186 valence electrons. The van der Waals surface area contributed by atoms with Crippen molar-refractivity contribution in [3.63, 3.8) is 0 Å². The predicted molar refractivity (Wildman–Crippen MR) is 142 cm³/mol. The highest BCUT2D eigenvalue weighted by atomic mass is 79.9. The summed E-state index contributed by atoms with van der Waals surface area (Å²) in [7, 11) is 0. The number of halogens is 2. The molecule has 0 unspecified atom stereocenters. The molecule has 0 aliphatic rings. The summed E-state index contributed by atoms with van der Waals surface area (Å²) >= 11 is 9.94. The van der Waals surface area contributed by atoms with Gasteiger partial charge >= 0.3 is 0 Å². The monoisotopic (exact) mass is 550 g/mol. The number of hydrogen-bond acceptors (Lipinski definition) is 3. The van der Waals surface area contributed by atoms with Crippen LogP contribution < -0.4 is 10.1 Å². The Bertz CT molecular complexity index is 990. The molecular formula is C27H36BrClN2O3. The number of nitrogens with one attached hydrogen (secondary N) is 1. The van der Waals surface area contributed by atoms with Crippen LogP contribution in [0.3, 0.4) is 0 Å². The largest absolute Gasteiger partial charge is 0.483 e. The lowest BCUT2D eigenvalue weighted by molar-refractivity contribution is -0.143. The molecule has 5 nitrogen and oxygen atoms in total. The third kappa shape index (κ3) is 7.74. The van der Waals surface area contributed by atoms with Gasteiger partial charge in [0, 0.05) is 17.6 Å². The van der Waals surface area contributed by atoms with E-state index in [1.54, 1.807) is 11.0 Å². The molecule has 0 aromatic heterocycles. The van der Waals surface area contributed by atoms with Crippen molar-refractivity contribution in [2.24, 2.45) is 0 Å². The van der Waals surface area contributed by atoms with Crippen molar-refractivity contribution in [2.45, 2.75) is 78.4 Å². The van der Waals surface area contributed by atoms with Crippen LogP contribution in [-0.2, 0) is 21.5 Å². The quantitative estimate of drug-likeness (QED) is 0.367. The van der Waals surface area contributed by atoms with Gasteiger partial charge in [0.25, 0.3) is 5.91 Å². The summed E-state index contributed by atoms with van der Waals surface area (Å²) < 4.78 is 6.67. The fraction of sp³-hybridized carbons (Fsp3) is 0.481. The molecule has 0 saturated carbocycles. The molecule has 0 aliphatic carbocycles. The first-order valence-electron chi connectivity index (χ1n) is 11.7. The summed E-state index contributed by atoms with van der Waals surface area (Å²) in [5.74, 6) is 0.127. The topological polar surface area (TPSA) is 58.6 Å². The van der Waals surface area contributed by atoms with Crippen molar-refractivity contribution in [3.05, 3.63) is 63.1 Å². The van der Waals surface area contributed by atoms with Gasteiger partial charge in [-0.3, -0.25) is 9.59 Å². The summed E-state index contributed by atoms with van der Waals surface area (Å²) in [5.41, 5.74) is 1.94. The lowest BCUT2D eigenvalue weighted by Gasteiger charge is -2.31. The van der Waals surface area contributed by atoms with E-state index < -0.39 is 6.04 Å². The Balaban J connectivity index is 2.26. The third-order valence-corrected chi connectivity index (χ3v) is 6.82. The zero-order chi connectivity index (χ0) is 25.5. The van der Waals surface area contributed by atoms with E-state index in [9.17, 15) is 9.59 Å². The maximum atomic E-state index is 13.4. The smallest absolute Gasteiger partial charge is 0.261 e. The fourth-order valence-corrected chi connectivity index (χ4v) is 4.17. The second kappa shape index (κ2) is 12.6. The Morgan fingerprint density at radius 2 is 1.79 bits per heavy atom. The van der Waals surface area contributed by atoms with Gasteiger partial charge in [-0.1, -0.05) is 70.5 Å². The first-order valence-corrected chi connectivity index (χ1v) is 12.9. The second-order valence-electron chi connectivity index (χ2n) is 9.54. The Hall–Kier alpha value is -2.05. The average Bonchev–Trinajstić information content (AvgIpc) is 2.78. The predicted octanol–water partition coefficient (Wildman–Crippen LogP) is 6.50. The Kier molecular flexibility index (Phi) is 10.4. The molecule has 0 radical (unpaired) electrons. The maximum Gasteiger partial charge on any atom is 0.261 e. The number of nitrogens with zero attached hydrogens (tertiary/aromatic N) is 1. The zero-order valence-corrected chi connectivity index (χ0v) is 23.3. The van der Waals surface area contributed by atoms with Crippen LogP contribution in [-0.4, -0.2) is 35.4 Å². The molecule has 1 N–H and O–H groups in total. The molecule has 0 fully saturated rings. The molecule has 0 saturated heterocycles. The highest BCUT2D eigenvalue weighted by Crippen LogP contribution is 2.31. The van der Waals surface area contributed by atoms with Crippen LogP contribution >= 0.6 is 27.5 Å². The minimum Gasteiger partial charge on any atom is -0.483 e. The van der Waals surface area contributed by atoms with Gasteiger partial charge in [-0.05, 0) is 70.4 Å². The van der Waals surface area contributed by atoms with Gasteiger partial charge in [0.2, 0.25) is 5.91 Å². The summed E-state index contributed by atoms with van der Waals surface area (Å²) in [4.78, 5) is 28.0. The Labute approximate surface area is 217 Å².